The number of carbonyl (C=O) groups is 1. The molecule has 28 heavy (non-hydrogen) atoms. The molecule has 0 atom stereocenters. The van der Waals surface area contributed by atoms with E-state index < -0.39 is 29.9 Å². The fourth-order valence-electron chi connectivity index (χ4n) is 2.87. The highest BCUT2D eigenvalue weighted by molar-refractivity contribution is 5.92. The summed E-state index contributed by atoms with van der Waals surface area (Å²) in [6, 6.07) is 11.6. The molecule has 0 aliphatic carbocycles. The zero-order chi connectivity index (χ0) is 19.9. The van der Waals surface area contributed by atoms with Gasteiger partial charge in [-0.2, -0.15) is 13.2 Å². The van der Waals surface area contributed by atoms with E-state index in [0.29, 0.717) is 16.6 Å². The van der Waals surface area contributed by atoms with Gasteiger partial charge in [0.25, 0.3) is 0 Å². The number of rotatable bonds is 3. The van der Waals surface area contributed by atoms with Gasteiger partial charge in [-0.15, -0.1) is 5.10 Å². The molecule has 4 rings (SSSR count). The van der Waals surface area contributed by atoms with E-state index in [1.165, 1.54) is 22.9 Å². The number of fused-ring (bicyclic) bond motifs is 3. The minimum Gasteiger partial charge on any atom is -0.324 e. The van der Waals surface area contributed by atoms with Crippen LogP contribution in [0.3, 0.4) is 0 Å². The van der Waals surface area contributed by atoms with Crippen molar-refractivity contribution in [2.75, 3.05) is 5.32 Å². The molecule has 0 unspecified atom stereocenters. The molecule has 0 spiro atoms. The van der Waals surface area contributed by atoms with Gasteiger partial charge in [0.15, 0.2) is 5.65 Å². The maximum absolute atomic E-state index is 13.0. The normalized spacial score (nSPS) is 11.8. The molecule has 1 amide bonds. The molecule has 0 radical (unpaired) electrons. The smallest absolute Gasteiger partial charge is 0.324 e. The topological polar surface area (TPSA) is 81.3 Å². The van der Waals surface area contributed by atoms with Gasteiger partial charge in [0.1, 0.15) is 12.9 Å². The van der Waals surface area contributed by atoms with Crippen molar-refractivity contribution in [1.82, 2.24) is 19.2 Å². The number of halogens is 3. The Bertz CT molecular complexity index is 1260. The SMILES string of the molecule is O=C(Cn1nc2c3ccccc3ncn2c1=O)Nc1ccccc1C(F)(F)F. The fourth-order valence-corrected chi connectivity index (χ4v) is 2.87. The lowest BCUT2D eigenvalue weighted by Gasteiger charge is -2.13. The van der Waals surface area contributed by atoms with Gasteiger partial charge < -0.3 is 5.32 Å². The molecule has 0 saturated carbocycles. The van der Waals surface area contributed by atoms with E-state index in [0.717, 1.165) is 16.8 Å². The van der Waals surface area contributed by atoms with E-state index in [1.807, 2.05) is 0 Å². The second kappa shape index (κ2) is 6.48. The summed E-state index contributed by atoms with van der Waals surface area (Å²) in [7, 11) is 0. The first-order chi connectivity index (χ1) is 13.3. The van der Waals surface area contributed by atoms with Crippen LogP contribution < -0.4 is 11.0 Å². The van der Waals surface area contributed by atoms with Crippen LogP contribution in [0.2, 0.25) is 0 Å². The number of alkyl halides is 3. The molecule has 2 heterocycles. The Morgan fingerprint density at radius 2 is 1.79 bits per heavy atom. The Hall–Kier alpha value is -3.69. The van der Waals surface area contributed by atoms with Crippen LogP contribution in [0, 0.1) is 0 Å². The maximum atomic E-state index is 13.0. The van der Waals surface area contributed by atoms with Gasteiger partial charge in [-0.25, -0.2) is 18.9 Å². The third-order valence-electron chi connectivity index (χ3n) is 4.13. The minimum absolute atomic E-state index is 0.305. The number of carbonyl (C=O) groups excluding carboxylic acids is 1. The van der Waals surface area contributed by atoms with Crippen molar-refractivity contribution in [2.24, 2.45) is 0 Å². The second-order valence-electron chi connectivity index (χ2n) is 5.99. The zero-order valence-corrected chi connectivity index (χ0v) is 14.1. The number of para-hydroxylation sites is 2. The highest BCUT2D eigenvalue weighted by atomic mass is 19.4. The highest BCUT2D eigenvalue weighted by Crippen LogP contribution is 2.34. The number of aromatic nitrogens is 4. The van der Waals surface area contributed by atoms with Crippen molar-refractivity contribution < 1.29 is 18.0 Å². The number of nitrogens with one attached hydrogen (secondary N) is 1. The number of hydrogen-bond donors (Lipinski definition) is 1. The molecule has 0 bridgehead atoms. The number of amides is 1. The van der Waals surface area contributed by atoms with Crippen molar-refractivity contribution in [3.8, 4) is 0 Å². The number of benzene rings is 2. The van der Waals surface area contributed by atoms with E-state index in [9.17, 15) is 22.8 Å². The van der Waals surface area contributed by atoms with Crippen LogP contribution >= 0.6 is 0 Å². The van der Waals surface area contributed by atoms with E-state index >= 15 is 0 Å². The van der Waals surface area contributed by atoms with Crippen LogP contribution in [-0.2, 0) is 17.5 Å². The number of nitrogens with zero attached hydrogens (tertiary/aromatic N) is 4. The number of anilines is 1. The average Bonchev–Trinajstić information content (AvgIpc) is 2.97. The van der Waals surface area contributed by atoms with Gasteiger partial charge in [-0.1, -0.05) is 24.3 Å². The van der Waals surface area contributed by atoms with Crippen molar-refractivity contribution in [1.29, 1.82) is 0 Å². The van der Waals surface area contributed by atoms with Crippen LogP contribution in [0.4, 0.5) is 18.9 Å². The predicted molar refractivity (Wildman–Crippen MR) is 94.8 cm³/mol. The van der Waals surface area contributed by atoms with Crippen LogP contribution in [0.1, 0.15) is 5.56 Å². The summed E-state index contributed by atoms with van der Waals surface area (Å²) >= 11 is 0. The predicted octanol–water partition coefficient (Wildman–Crippen LogP) is 2.70. The molecule has 7 nitrogen and oxygen atoms in total. The number of hydrogen-bond acceptors (Lipinski definition) is 4. The molecule has 2 aromatic heterocycles. The standard InChI is InChI=1S/C18H12F3N5O2/c19-18(20,21)12-6-2-4-8-14(12)23-15(27)9-26-17(28)25-10-22-13-7-3-1-5-11(13)16(25)24-26/h1-8,10H,9H2,(H,23,27). The van der Waals surface area contributed by atoms with Gasteiger partial charge >= 0.3 is 11.9 Å². The molecule has 0 aliphatic rings. The summed E-state index contributed by atoms with van der Waals surface area (Å²) in [5.41, 5.74) is -1.05. The molecule has 0 saturated heterocycles. The van der Waals surface area contributed by atoms with E-state index in [-0.39, 0.29) is 5.69 Å². The van der Waals surface area contributed by atoms with Crippen LogP contribution in [-0.4, -0.2) is 25.1 Å². The quantitative estimate of drug-likeness (QED) is 0.586. The summed E-state index contributed by atoms with van der Waals surface area (Å²) in [5.74, 6) is -0.806. The van der Waals surface area contributed by atoms with E-state index in [2.05, 4.69) is 15.4 Å². The Morgan fingerprint density at radius 1 is 1.07 bits per heavy atom. The minimum atomic E-state index is -4.62. The lowest BCUT2D eigenvalue weighted by Crippen LogP contribution is -2.28. The molecule has 1 N–H and O–H groups in total. The summed E-state index contributed by atoms with van der Waals surface area (Å²) in [6.07, 6.45) is -3.32. The lowest BCUT2D eigenvalue weighted by atomic mass is 10.1. The van der Waals surface area contributed by atoms with Crippen LogP contribution in [0.25, 0.3) is 16.6 Å². The van der Waals surface area contributed by atoms with Crippen LogP contribution in [0.5, 0.6) is 0 Å². The molecule has 4 aromatic rings. The Kier molecular flexibility index (Phi) is 4.10. The van der Waals surface area contributed by atoms with Gasteiger partial charge in [0, 0.05) is 5.39 Å². The monoisotopic (exact) mass is 387 g/mol. The summed E-state index contributed by atoms with van der Waals surface area (Å²) in [6.45, 7) is -0.541. The largest absolute Gasteiger partial charge is 0.418 e. The third-order valence-corrected chi connectivity index (χ3v) is 4.13. The molecule has 142 valence electrons. The first-order valence-electron chi connectivity index (χ1n) is 8.13. The van der Waals surface area contributed by atoms with E-state index in [1.54, 1.807) is 24.3 Å². The molecule has 10 heteroatoms. The van der Waals surface area contributed by atoms with Crippen molar-refractivity contribution >= 4 is 28.1 Å². The first kappa shape index (κ1) is 17.7. The van der Waals surface area contributed by atoms with Gasteiger partial charge in [-0.3, -0.25) is 4.79 Å². The Labute approximate surface area is 155 Å². The van der Waals surface area contributed by atoms with Crippen molar-refractivity contribution in [3.05, 3.63) is 70.9 Å². The summed E-state index contributed by atoms with van der Waals surface area (Å²) < 4.78 is 41.2. The van der Waals surface area contributed by atoms with E-state index in [4.69, 9.17) is 0 Å². The summed E-state index contributed by atoms with van der Waals surface area (Å²) in [5, 5.41) is 6.94. The first-order valence-corrected chi connectivity index (χ1v) is 8.13. The van der Waals surface area contributed by atoms with Crippen molar-refractivity contribution in [2.45, 2.75) is 12.7 Å². The summed E-state index contributed by atoms with van der Waals surface area (Å²) in [4.78, 5) is 28.9. The zero-order valence-electron chi connectivity index (χ0n) is 14.1. The molecule has 0 fully saturated rings. The van der Waals surface area contributed by atoms with Crippen molar-refractivity contribution in [3.63, 3.8) is 0 Å². The third kappa shape index (κ3) is 3.08. The van der Waals surface area contributed by atoms with Gasteiger partial charge in [0.2, 0.25) is 5.91 Å². The average molecular weight is 387 g/mol. The molecule has 0 aliphatic heterocycles. The molecular weight excluding hydrogens is 375 g/mol. The van der Waals surface area contributed by atoms with Gasteiger partial charge in [0.05, 0.1) is 16.8 Å². The lowest BCUT2D eigenvalue weighted by molar-refractivity contribution is -0.137. The Balaban J connectivity index is 1.66. The fraction of sp³-hybridized carbons (Fsp3) is 0.111. The highest BCUT2D eigenvalue weighted by Gasteiger charge is 2.33. The van der Waals surface area contributed by atoms with Crippen LogP contribution in [0.15, 0.2) is 59.7 Å². The molecular formula is C18H12F3N5O2. The Morgan fingerprint density at radius 3 is 2.57 bits per heavy atom. The maximum Gasteiger partial charge on any atom is 0.418 e. The molecule has 2 aromatic carbocycles. The second-order valence-corrected chi connectivity index (χ2v) is 5.99. The van der Waals surface area contributed by atoms with Gasteiger partial charge in [-0.05, 0) is 24.3 Å².